The summed E-state index contributed by atoms with van der Waals surface area (Å²) < 4.78 is 0. The van der Waals surface area contributed by atoms with Crippen molar-refractivity contribution in [1.29, 1.82) is 0 Å². The lowest BCUT2D eigenvalue weighted by Gasteiger charge is -2.19. The summed E-state index contributed by atoms with van der Waals surface area (Å²) in [6.45, 7) is 4.30. The quantitative estimate of drug-likeness (QED) is 0.0422. The number of allylic oxidation sites excluding steroid dienone is 9. The van der Waals surface area contributed by atoms with Crippen LogP contribution in [0.1, 0.15) is 277 Å². The molecule has 0 aromatic heterocycles. The van der Waals surface area contributed by atoms with Crippen LogP contribution in [0.3, 0.4) is 0 Å². The maximum Gasteiger partial charge on any atom is 0.220 e. The third kappa shape index (κ3) is 49.0. The van der Waals surface area contributed by atoms with Gasteiger partial charge in [0, 0.05) is 6.42 Å². The Morgan fingerprint density at radius 3 is 1.05 bits per heavy atom. The molecule has 356 valence electrons. The van der Waals surface area contributed by atoms with E-state index in [4.69, 9.17) is 0 Å². The molecule has 0 rings (SSSR count). The van der Waals surface area contributed by atoms with Gasteiger partial charge in [-0.05, 0) is 77.0 Å². The third-order valence-corrected chi connectivity index (χ3v) is 12.2. The number of rotatable bonds is 49. The molecular weight excluding hydrogens is 747 g/mol. The summed E-state index contributed by atoms with van der Waals surface area (Å²) in [5.41, 5.74) is 0. The van der Waals surface area contributed by atoms with Gasteiger partial charge in [-0.15, -0.1) is 0 Å². The molecule has 0 spiro atoms. The Hall–Kier alpha value is -1.91. The summed E-state index contributed by atoms with van der Waals surface area (Å²) >= 11 is 0. The Balaban J connectivity index is 3.56. The van der Waals surface area contributed by atoms with Gasteiger partial charge in [0.2, 0.25) is 5.91 Å². The molecule has 3 N–H and O–H groups in total. The lowest BCUT2D eigenvalue weighted by molar-refractivity contribution is -0.123. The zero-order valence-corrected chi connectivity index (χ0v) is 40.9. The van der Waals surface area contributed by atoms with Crippen molar-refractivity contribution in [2.45, 2.75) is 289 Å². The lowest BCUT2D eigenvalue weighted by Crippen LogP contribution is -2.45. The van der Waals surface area contributed by atoms with E-state index in [1.165, 1.54) is 212 Å². The fourth-order valence-corrected chi connectivity index (χ4v) is 8.07. The first-order valence-electron chi connectivity index (χ1n) is 27.0. The molecule has 4 heteroatoms. The molecule has 61 heavy (non-hydrogen) atoms. The fourth-order valence-electron chi connectivity index (χ4n) is 8.07. The topological polar surface area (TPSA) is 69.6 Å². The second kappa shape index (κ2) is 52.4. The van der Waals surface area contributed by atoms with Crippen molar-refractivity contribution in [1.82, 2.24) is 5.32 Å². The molecule has 2 unspecified atom stereocenters. The predicted molar refractivity (Wildman–Crippen MR) is 271 cm³/mol. The highest BCUT2D eigenvalue weighted by Crippen LogP contribution is 2.16. The monoisotopic (exact) mass is 852 g/mol. The highest BCUT2D eigenvalue weighted by atomic mass is 16.3. The predicted octanol–water partition coefficient (Wildman–Crippen LogP) is 17.6. The van der Waals surface area contributed by atoms with Crippen molar-refractivity contribution >= 4 is 5.91 Å². The van der Waals surface area contributed by atoms with Crippen LogP contribution < -0.4 is 5.32 Å². The number of carbonyl (C=O) groups is 1. The van der Waals surface area contributed by atoms with Gasteiger partial charge in [-0.3, -0.25) is 4.79 Å². The maximum absolute atomic E-state index is 12.5. The highest BCUT2D eigenvalue weighted by Gasteiger charge is 2.17. The average Bonchev–Trinajstić information content (AvgIpc) is 3.26. The lowest BCUT2D eigenvalue weighted by atomic mass is 10.0. The molecule has 0 aliphatic heterocycles. The Kier molecular flexibility index (Phi) is 50.8. The molecule has 0 aliphatic carbocycles. The van der Waals surface area contributed by atoms with Crippen molar-refractivity contribution in [3.05, 3.63) is 60.8 Å². The summed E-state index contributed by atoms with van der Waals surface area (Å²) in [5, 5.41) is 23.1. The Labute approximate surface area is 381 Å². The molecule has 0 fully saturated rings. The molecule has 2 atom stereocenters. The number of amides is 1. The van der Waals surface area contributed by atoms with Crippen LogP contribution in [0.4, 0.5) is 0 Å². The summed E-state index contributed by atoms with van der Waals surface area (Å²) in [7, 11) is 0. The van der Waals surface area contributed by atoms with Crippen molar-refractivity contribution in [3.8, 4) is 0 Å². The first-order valence-corrected chi connectivity index (χ1v) is 27.0. The molecule has 1 amide bonds. The minimum absolute atomic E-state index is 0.0767. The van der Waals surface area contributed by atoms with Crippen molar-refractivity contribution in [2.24, 2.45) is 0 Å². The number of carbonyl (C=O) groups excluding carboxylic acids is 1. The standard InChI is InChI=1S/C57H105NO3/c1-3-5-7-9-11-13-15-17-19-21-23-25-27-28-29-30-31-33-35-37-39-41-43-45-47-49-51-53-57(61)58-55(54-59)56(60)52-50-48-46-44-42-40-38-36-34-32-26-24-22-20-18-16-14-12-10-8-6-4-2/h15,17,21,23,34,36,42,44,50,52,55-56,59-60H,3-14,16,18-20,22,24-33,35,37-41,43,45-49,51,53-54H2,1-2H3,(H,58,61)/b17-15-,23-21-,36-34+,44-42+,52-50+. The largest absolute Gasteiger partial charge is 0.394 e. The van der Waals surface area contributed by atoms with Crippen LogP contribution in [0.2, 0.25) is 0 Å². The first-order chi connectivity index (χ1) is 30.2. The van der Waals surface area contributed by atoms with Crippen LogP contribution in [-0.2, 0) is 4.79 Å². The smallest absolute Gasteiger partial charge is 0.220 e. The van der Waals surface area contributed by atoms with Crippen molar-refractivity contribution in [3.63, 3.8) is 0 Å². The molecule has 0 saturated carbocycles. The Morgan fingerprint density at radius 2 is 0.689 bits per heavy atom. The number of aliphatic hydroxyl groups excluding tert-OH is 2. The van der Waals surface area contributed by atoms with Gasteiger partial charge in [-0.2, -0.15) is 0 Å². The van der Waals surface area contributed by atoms with E-state index >= 15 is 0 Å². The van der Waals surface area contributed by atoms with E-state index in [1.54, 1.807) is 6.08 Å². The van der Waals surface area contributed by atoms with Crippen LogP contribution in [0.15, 0.2) is 60.8 Å². The number of hydrogen-bond donors (Lipinski definition) is 3. The summed E-state index contributed by atoms with van der Waals surface area (Å²) in [6, 6.07) is -0.647. The Morgan fingerprint density at radius 1 is 0.393 bits per heavy atom. The molecule has 0 saturated heterocycles. The number of unbranched alkanes of at least 4 members (excludes halogenated alkanes) is 34. The average molecular weight is 852 g/mol. The van der Waals surface area contributed by atoms with Crippen LogP contribution in [-0.4, -0.2) is 34.9 Å². The highest BCUT2D eigenvalue weighted by molar-refractivity contribution is 5.76. The van der Waals surface area contributed by atoms with Gasteiger partial charge in [0.15, 0.2) is 0 Å². The fraction of sp³-hybridized carbons (Fsp3) is 0.807. The van der Waals surface area contributed by atoms with Gasteiger partial charge in [0.1, 0.15) is 0 Å². The molecule has 4 nitrogen and oxygen atoms in total. The van der Waals surface area contributed by atoms with E-state index < -0.39 is 12.1 Å². The normalized spacial score (nSPS) is 13.3. The van der Waals surface area contributed by atoms with E-state index in [-0.39, 0.29) is 12.5 Å². The Bertz CT molecular complexity index is 1010. The molecule has 0 bridgehead atoms. The van der Waals surface area contributed by atoms with E-state index in [0.29, 0.717) is 6.42 Å². The SMILES string of the molecule is CCCCCCC/C=C\C/C=C\CCCCCCCCCCCCCCCCCC(=O)NC(CO)C(O)/C=C/CC/C=C/CC/C=C/CCCCCCCCCCCCCC. The molecule has 0 heterocycles. The van der Waals surface area contributed by atoms with E-state index in [1.807, 2.05) is 6.08 Å². The number of hydrogen-bond acceptors (Lipinski definition) is 3. The zero-order chi connectivity index (χ0) is 44.2. The van der Waals surface area contributed by atoms with Gasteiger partial charge in [-0.1, -0.05) is 254 Å². The van der Waals surface area contributed by atoms with E-state index in [0.717, 1.165) is 44.9 Å². The van der Waals surface area contributed by atoms with Crippen LogP contribution in [0.5, 0.6) is 0 Å². The summed E-state index contributed by atoms with van der Waals surface area (Å²) in [4.78, 5) is 12.5. The number of aliphatic hydroxyl groups is 2. The van der Waals surface area contributed by atoms with Gasteiger partial charge in [0.25, 0.3) is 0 Å². The van der Waals surface area contributed by atoms with Crippen molar-refractivity contribution < 1.29 is 15.0 Å². The van der Waals surface area contributed by atoms with Crippen molar-refractivity contribution in [2.75, 3.05) is 6.61 Å². The molecule has 0 radical (unpaired) electrons. The second-order valence-corrected chi connectivity index (χ2v) is 18.3. The number of nitrogens with one attached hydrogen (secondary N) is 1. The second-order valence-electron chi connectivity index (χ2n) is 18.3. The summed E-state index contributed by atoms with van der Waals surface area (Å²) in [5.74, 6) is -0.0767. The minimum Gasteiger partial charge on any atom is -0.394 e. The molecule has 0 aliphatic rings. The third-order valence-electron chi connectivity index (χ3n) is 12.2. The van der Waals surface area contributed by atoms with Gasteiger partial charge < -0.3 is 15.5 Å². The van der Waals surface area contributed by atoms with Gasteiger partial charge >= 0.3 is 0 Å². The van der Waals surface area contributed by atoms with Crippen LogP contribution in [0, 0.1) is 0 Å². The first kappa shape index (κ1) is 59.1. The van der Waals surface area contributed by atoms with E-state index in [2.05, 4.69) is 67.8 Å². The summed E-state index contributed by atoms with van der Waals surface area (Å²) in [6.07, 6.45) is 73.7. The zero-order valence-electron chi connectivity index (χ0n) is 40.9. The van der Waals surface area contributed by atoms with Crippen LogP contribution >= 0.6 is 0 Å². The van der Waals surface area contributed by atoms with Gasteiger partial charge in [0.05, 0.1) is 18.8 Å². The molecule has 0 aromatic rings. The molecule has 0 aromatic carbocycles. The maximum atomic E-state index is 12.5. The molecular formula is C57H105NO3. The van der Waals surface area contributed by atoms with E-state index in [9.17, 15) is 15.0 Å². The van der Waals surface area contributed by atoms with Gasteiger partial charge in [-0.25, -0.2) is 0 Å². The minimum atomic E-state index is -0.872. The van der Waals surface area contributed by atoms with Crippen LogP contribution in [0.25, 0.3) is 0 Å².